The van der Waals surface area contributed by atoms with Crippen molar-refractivity contribution in [3.63, 3.8) is 0 Å². The number of benzene rings is 1. The van der Waals surface area contributed by atoms with Crippen LogP contribution in [0.2, 0.25) is 10.0 Å². The molecule has 0 saturated heterocycles. The first-order valence-corrected chi connectivity index (χ1v) is 7.94. The van der Waals surface area contributed by atoms with E-state index >= 15 is 0 Å². The van der Waals surface area contributed by atoms with Gasteiger partial charge in [0.05, 0.1) is 27.1 Å². The molecule has 0 bridgehead atoms. The van der Waals surface area contributed by atoms with Crippen LogP contribution in [0.5, 0.6) is 0 Å². The lowest BCUT2D eigenvalue weighted by Gasteiger charge is -2.09. The van der Waals surface area contributed by atoms with E-state index in [0.29, 0.717) is 22.1 Å². The van der Waals surface area contributed by atoms with Crippen molar-refractivity contribution in [1.82, 2.24) is 9.78 Å². The summed E-state index contributed by atoms with van der Waals surface area (Å²) in [7, 11) is -2.02. The molecule has 20 heavy (non-hydrogen) atoms. The Bertz CT molecular complexity index is 769. The quantitative estimate of drug-likeness (QED) is 0.938. The molecule has 0 unspecified atom stereocenters. The molecule has 1 N–H and O–H groups in total. The predicted molar refractivity (Wildman–Crippen MR) is 80.0 cm³/mol. The van der Waals surface area contributed by atoms with E-state index in [9.17, 15) is 8.42 Å². The molecule has 0 aliphatic rings. The summed E-state index contributed by atoms with van der Waals surface area (Å²) in [5.41, 5.74) is 1.36. The van der Waals surface area contributed by atoms with Gasteiger partial charge in [-0.05, 0) is 32.0 Å². The molecule has 8 heteroatoms. The molecule has 1 aromatic heterocycles. The number of nitrogens with one attached hydrogen (secondary N) is 1. The number of hydrogen-bond acceptors (Lipinski definition) is 3. The molecule has 5 nitrogen and oxygen atoms in total. The minimum Gasteiger partial charge on any atom is -0.279 e. The molecular formula is C12H13Cl2N3O2S. The normalized spacial score (nSPS) is 11.7. The monoisotopic (exact) mass is 333 g/mol. The predicted octanol–water partition coefficient (Wildman–Crippen LogP) is 3.14. The largest absolute Gasteiger partial charge is 0.279 e. The maximum absolute atomic E-state index is 12.4. The van der Waals surface area contributed by atoms with E-state index in [4.69, 9.17) is 23.2 Å². The second-order valence-electron chi connectivity index (χ2n) is 4.36. The molecule has 0 atom stereocenters. The van der Waals surface area contributed by atoms with Gasteiger partial charge >= 0.3 is 0 Å². The Morgan fingerprint density at radius 3 is 2.35 bits per heavy atom. The van der Waals surface area contributed by atoms with Crippen molar-refractivity contribution in [2.24, 2.45) is 7.05 Å². The van der Waals surface area contributed by atoms with Gasteiger partial charge in [0.1, 0.15) is 4.90 Å². The van der Waals surface area contributed by atoms with Crippen molar-refractivity contribution >= 4 is 38.9 Å². The van der Waals surface area contributed by atoms with Crippen LogP contribution in [0.4, 0.5) is 5.69 Å². The second kappa shape index (κ2) is 5.27. The average Bonchev–Trinajstić information content (AvgIpc) is 2.58. The van der Waals surface area contributed by atoms with E-state index in [1.165, 1.54) is 16.8 Å². The summed E-state index contributed by atoms with van der Waals surface area (Å²) in [6.07, 6.45) is 0. The number of sulfonamides is 1. The van der Waals surface area contributed by atoms with Gasteiger partial charge in [-0.1, -0.05) is 23.2 Å². The molecule has 0 aliphatic carbocycles. The Hall–Kier alpha value is -1.24. The van der Waals surface area contributed by atoms with Crippen molar-refractivity contribution in [3.8, 4) is 0 Å². The summed E-state index contributed by atoms with van der Waals surface area (Å²) >= 11 is 11.7. The zero-order valence-electron chi connectivity index (χ0n) is 11.1. The Morgan fingerprint density at radius 2 is 1.85 bits per heavy atom. The third-order valence-corrected chi connectivity index (χ3v) is 5.25. The van der Waals surface area contributed by atoms with Crippen LogP contribution in [0.3, 0.4) is 0 Å². The first-order valence-electron chi connectivity index (χ1n) is 5.70. The van der Waals surface area contributed by atoms with E-state index < -0.39 is 10.0 Å². The third-order valence-electron chi connectivity index (χ3n) is 2.88. The smallest absolute Gasteiger partial charge is 0.265 e. The summed E-state index contributed by atoms with van der Waals surface area (Å²) in [5, 5.41) is 4.75. The number of hydrogen-bond donors (Lipinski definition) is 1. The van der Waals surface area contributed by atoms with Gasteiger partial charge in [-0.2, -0.15) is 5.10 Å². The van der Waals surface area contributed by atoms with Gasteiger partial charge in [0.2, 0.25) is 0 Å². The number of halogens is 2. The van der Waals surface area contributed by atoms with Crippen LogP contribution >= 0.6 is 23.2 Å². The molecule has 2 aromatic rings. The van der Waals surface area contributed by atoms with Crippen LogP contribution in [0.15, 0.2) is 23.1 Å². The lowest BCUT2D eigenvalue weighted by atomic mass is 10.3. The topological polar surface area (TPSA) is 64.0 Å². The lowest BCUT2D eigenvalue weighted by Crippen LogP contribution is -2.14. The summed E-state index contributed by atoms with van der Waals surface area (Å²) in [4.78, 5) is 0.172. The Morgan fingerprint density at radius 1 is 1.20 bits per heavy atom. The standard InChI is InChI=1S/C12H13Cl2N3O2S/c1-7-12(8(2)17(3)15-7)20(18,19)16-9-4-5-10(13)11(14)6-9/h4-6,16H,1-3H3. The summed E-state index contributed by atoms with van der Waals surface area (Å²) in [6.45, 7) is 3.35. The maximum Gasteiger partial charge on any atom is 0.265 e. The number of aromatic nitrogens is 2. The molecule has 0 saturated carbocycles. The highest BCUT2D eigenvalue weighted by Gasteiger charge is 2.23. The van der Waals surface area contributed by atoms with E-state index in [1.54, 1.807) is 27.0 Å². The van der Waals surface area contributed by atoms with E-state index in [0.717, 1.165) is 0 Å². The molecule has 108 valence electrons. The first-order chi connectivity index (χ1) is 9.22. The Kier molecular flexibility index (Phi) is 4.00. The van der Waals surface area contributed by atoms with Gasteiger partial charge in [-0.15, -0.1) is 0 Å². The average molecular weight is 334 g/mol. The molecule has 1 aromatic carbocycles. The first kappa shape index (κ1) is 15.2. The Labute approximate surface area is 127 Å². The fraction of sp³-hybridized carbons (Fsp3) is 0.250. The molecule has 1 heterocycles. The third kappa shape index (κ3) is 2.77. The fourth-order valence-electron chi connectivity index (χ4n) is 1.91. The van der Waals surface area contributed by atoms with Crippen LogP contribution < -0.4 is 4.72 Å². The van der Waals surface area contributed by atoms with Crippen molar-refractivity contribution in [3.05, 3.63) is 39.6 Å². The van der Waals surface area contributed by atoms with Crippen molar-refractivity contribution in [2.45, 2.75) is 18.7 Å². The molecule has 0 aliphatic heterocycles. The fourth-order valence-corrected chi connectivity index (χ4v) is 3.70. The summed E-state index contributed by atoms with van der Waals surface area (Å²) < 4.78 is 28.8. The minimum atomic E-state index is -3.72. The zero-order chi connectivity index (χ0) is 15.1. The Balaban J connectivity index is 2.43. The maximum atomic E-state index is 12.4. The van der Waals surface area contributed by atoms with Crippen LogP contribution in [-0.4, -0.2) is 18.2 Å². The SMILES string of the molecule is Cc1nn(C)c(C)c1S(=O)(=O)Nc1ccc(Cl)c(Cl)c1. The van der Waals surface area contributed by atoms with Crippen molar-refractivity contribution < 1.29 is 8.42 Å². The highest BCUT2D eigenvalue weighted by molar-refractivity contribution is 7.92. The van der Waals surface area contributed by atoms with Gasteiger partial charge in [0.25, 0.3) is 10.0 Å². The number of anilines is 1. The van der Waals surface area contributed by atoms with Gasteiger partial charge in [0, 0.05) is 7.05 Å². The number of nitrogens with zero attached hydrogens (tertiary/aromatic N) is 2. The van der Waals surface area contributed by atoms with Gasteiger partial charge in [0.15, 0.2) is 0 Å². The van der Waals surface area contributed by atoms with Crippen LogP contribution in [0, 0.1) is 13.8 Å². The molecular weight excluding hydrogens is 321 g/mol. The number of rotatable bonds is 3. The van der Waals surface area contributed by atoms with Crippen LogP contribution in [0.25, 0.3) is 0 Å². The molecule has 2 rings (SSSR count). The van der Waals surface area contributed by atoms with Gasteiger partial charge < -0.3 is 0 Å². The van der Waals surface area contributed by atoms with E-state index in [2.05, 4.69) is 9.82 Å². The molecule has 0 spiro atoms. The van der Waals surface area contributed by atoms with Crippen molar-refractivity contribution in [2.75, 3.05) is 4.72 Å². The van der Waals surface area contributed by atoms with Crippen LogP contribution in [-0.2, 0) is 17.1 Å². The minimum absolute atomic E-state index is 0.172. The van der Waals surface area contributed by atoms with Gasteiger partial charge in [-0.25, -0.2) is 8.42 Å². The van der Waals surface area contributed by atoms with Crippen molar-refractivity contribution in [1.29, 1.82) is 0 Å². The summed E-state index contributed by atoms with van der Waals surface area (Å²) in [5.74, 6) is 0. The van der Waals surface area contributed by atoms with Gasteiger partial charge in [-0.3, -0.25) is 9.40 Å². The van der Waals surface area contributed by atoms with E-state index in [-0.39, 0.29) is 9.92 Å². The highest BCUT2D eigenvalue weighted by Crippen LogP contribution is 2.27. The van der Waals surface area contributed by atoms with E-state index in [1.807, 2.05) is 0 Å². The number of aryl methyl sites for hydroxylation is 2. The van der Waals surface area contributed by atoms with Crippen LogP contribution in [0.1, 0.15) is 11.4 Å². The zero-order valence-corrected chi connectivity index (χ0v) is 13.4. The second-order valence-corrected chi connectivity index (χ2v) is 6.79. The lowest BCUT2D eigenvalue weighted by molar-refractivity contribution is 0.599. The highest BCUT2D eigenvalue weighted by atomic mass is 35.5. The molecule has 0 fully saturated rings. The molecule has 0 amide bonds. The molecule has 0 radical (unpaired) electrons. The summed E-state index contributed by atoms with van der Waals surface area (Å²) in [6, 6.07) is 4.54.